The molecule has 0 saturated carbocycles. The van der Waals surface area contributed by atoms with Crippen molar-refractivity contribution in [3.8, 4) is 5.75 Å². The standard InChI is InChI=1S/C20H22ClNO4/c1-4-17(26-18-12-7-6-10-15(18)21)19(23)22-16-11-8-9-14(13(16)3)20(24)25-5-2/h6-12,17H,4-5H2,1-3H3,(H,22,23). The Balaban J connectivity index is 2.16. The maximum absolute atomic E-state index is 12.6. The van der Waals surface area contributed by atoms with E-state index in [0.29, 0.717) is 40.6 Å². The zero-order valence-corrected chi connectivity index (χ0v) is 15.8. The minimum absolute atomic E-state index is 0.290. The third-order valence-corrected chi connectivity index (χ3v) is 4.17. The van der Waals surface area contributed by atoms with E-state index in [9.17, 15) is 9.59 Å². The van der Waals surface area contributed by atoms with Gasteiger partial charge in [-0.15, -0.1) is 0 Å². The van der Waals surface area contributed by atoms with E-state index in [1.165, 1.54) is 0 Å². The Morgan fingerprint density at radius 1 is 1.12 bits per heavy atom. The summed E-state index contributed by atoms with van der Waals surface area (Å²) < 4.78 is 10.8. The Bertz CT molecular complexity index is 791. The molecule has 0 heterocycles. The number of carbonyl (C=O) groups excluding carboxylic acids is 2. The third kappa shape index (κ3) is 4.76. The molecule has 0 aliphatic rings. The van der Waals surface area contributed by atoms with Crippen LogP contribution in [0.1, 0.15) is 36.2 Å². The number of halogens is 1. The van der Waals surface area contributed by atoms with Crippen molar-refractivity contribution in [3.63, 3.8) is 0 Å². The van der Waals surface area contributed by atoms with Gasteiger partial charge in [0.15, 0.2) is 6.10 Å². The topological polar surface area (TPSA) is 64.6 Å². The second-order valence-corrected chi connectivity index (χ2v) is 6.04. The lowest BCUT2D eigenvalue weighted by molar-refractivity contribution is -0.122. The molecule has 138 valence electrons. The van der Waals surface area contributed by atoms with Gasteiger partial charge in [0.05, 0.1) is 17.2 Å². The summed E-state index contributed by atoms with van der Waals surface area (Å²) in [5.74, 6) is -0.273. The fraction of sp³-hybridized carbons (Fsp3) is 0.300. The third-order valence-electron chi connectivity index (χ3n) is 3.86. The van der Waals surface area contributed by atoms with Crippen molar-refractivity contribution in [2.24, 2.45) is 0 Å². The molecule has 26 heavy (non-hydrogen) atoms. The first-order chi connectivity index (χ1) is 12.5. The van der Waals surface area contributed by atoms with Gasteiger partial charge in [0, 0.05) is 5.69 Å². The first kappa shape index (κ1) is 19.8. The molecule has 2 aromatic rings. The largest absolute Gasteiger partial charge is 0.479 e. The highest BCUT2D eigenvalue weighted by Gasteiger charge is 2.21. The quantitative estimate of drug-likeness (QED) is 0.717. The Labute approximate surface area is 158 Å². The zero-order valence-electron chi connectivity index (χ0n) is 15.0. The van der Waals surface area contributed by atoms with Gasteiger partial charge >= 0.3 is 5.97 Å². The molecule has 6 heteroatoms. The lowest BCUT2D eigenvalue weighted by Gasteiger charge is -2.19. The molecule has 1 N–H and O–H groups in total. The van der Waals surface area contributed by atoms with Crippen molar-refractivity contribution in [2.75, 3.05) is 11.9 Å². The summed E-state index contributed by atoms with van der Waals surface area (Å²) in [5.41, 5.74) is 1.61. The maximum atomic E-state index is 12.6. The van der Waals surface area contributed by atoms with Gasteiger partial charge in [-0.3, -0.25) is 4.79 Å². The molecule has 0 fully saturated rings. The van der Waals surface area contributed by atoms with Crippen LogP contribution in [0.3, 0.4) is 0 Å². The van der Waals surface area contributed by atoms with E-state index in [0.717, 1.165) is 0 Å². The van der Waals surface area contributed by atoms with Gasteiger partial charge in [0.25, 0.3) is 5.91 Å². The number of hydrogen-bond donors (Lipinski definition) is 1. The summed E-state index contributed by atoms with van der Waals surface area (Å²) in [6.07, 6.45) is -0.242. The molecule has 1 amide bonds. The molecule has 0 bridgehead atoms. The van der Waals surface area contributed by atoms with Gasteiger partial charge in [0.1, 0.15) is 5.75 Å². The molecule has 0 saturated heterocycles. The number of esters is 1. The number of para-hydroxylation sites is 1. The van der Waals surface area contributed by atoms with E-state index >= 15 is 0 Å². The highest BCUT2D eigenvalue weighted by atomic mass is 35.5. The first-order valence-electron chi connectivity index (χ1n) is 8.46. The number of benzene rings is 2. The molecular formula is C20H22ClNO4. The summed E-state index contributed by atoms with van der Waals surface area (Å²) >= 11 is 6.09. The van der Waals surface area contributed by atoms with Crippen LogP contribution in [0.2, 0.25) is 5.02 Å². The molecule has 0 aliphatic carbocycles. The smallest absolute Gasteiger partial charge is 0.338 e. The molecule has 0 spiro atoms. The van der Waals surface area contributed by atoms with E-state index in [2.05, 4.69) is 5.32 Å². The zero-order chi connectivity index (χ0) is 19.1. The average Bonchev–Trinajstić information content (AvgIpc) is 2.62. The van der Waals surface area contributed by atoms with Crippen LogP contribution in [0.25, 0.3) is 0 Å². The van der Waals surface area contributed by atoms with Crippen molar-refractivity contribution in [1.29, 1.82) is 0 Å². The van der Waals surface area contributed by atoms with E-state index in [4.69, 9.17) is 21.1 Å². The van der Waals surface area contributed by atoms with Crippen molar-refractivity contribution in [3.05, 3.63) is 58.6 Å². The predicted octanol–water partition coefficient (Wildman–Crippen LogP) is 4.62. The van der Waals surface area contributed by atoms with Crippen LogP contribution in [0.15, 0.2) is 42.5 Å². The molecule has 2 rings (SSSR count). The fourth-order valence-electron chi connectivity index (χ4n) is 2.43. The maximum Gasteiger partial charge on any atom is 0.338 e. The Morgan fingerprint density at radius 3 is 2.50 bits per heavy atom. The SMILES string of the molecule is CCOC(=O)c1cccc(NC(=O)C(CC)Oc2ccccc2Cl)c1C. The summed E-state index contributed by atoms with van der Waals surface area (Å²) in [7, 11) is 0. The van der Waals surface area contributed by atoms with Gasteiger partial charge in [-0.05, 0) is 50.1 Å². The predicted molar refractivity (Wildman–Crippen MR) is 102 cm³/mol. The highest BCUT2D eigenvalue weighted by Crippen LogP contribution is 2.26. The number of ether oxygens (including phenoxy) is 2. The van der Waals surface area contributed by atoms with Crippen molar-refractivity contribution in [2.45, 2.75) is 33.3 Å². The number of anilines is 1. The Kier molecular flexibility index (Phi) is 7.04. The van der Waals surface area contributed by atoms with Gasteiger partial charge < -0.3 is 14.8 Å². The molecule has 1 atom stereocenters. The van der Waals surface area contributed by atoms with Crippen LogP contribution in [0.4, 0.5) is 5.69 Å². The van der Waals surface area contributed by atoms with Gasteiger partial charge in [-0.2, -0.15) is 0 Å². The monoisotopic (exact) mass is 375 g/mol. The number of carbonyl (C=O) groups is 2. The molecule has 0 aromatic heterocycles. The number of rotatable bonds is 7. The summed E-state index contributed by atoms with van der Waals surface area (Å²) in [4.78, 5) is 24.6. The highest BCUT2D eigenvalue weighted by molar-refractivity contribution is 6.32. The van der Waals surface area contributed by atoms with E-state index in [1.807, 2.05) is 6.92 Å². The van der Waals surface area contributed by atoms with Crippen LogP contribution in [0, 0.1) is 6.92 Å². The van der Waals surface area contributed by atoms with Crippen LogP contribution in [-0.4, -0.2) is 24.6 Å². The van der Waals surface area contributed by atoms with Gasteiger partial charge in [-0.25, -0.2) is 4.79 Å². The second kappa shape index (κ2) is 9.25. The minimum atomic E-state index is -0.708. The van der Waals surface area contributed by atoms with E-state index < -0.39 is 12.1 Å². The van der Waals surface area contributed by atoms with Crippen molar-refractivity contribution < 1.29 is 19.1 Å². The van der Waals surface area contributed by atoms with E-state index in [1.54, 1.807) is 56.3 Å². The average molecular weight is 376 g/mol. The molecule has 5 nitrogen and oxygen atoms in total. The number of hydrogen-bond acceptors (Lipinski definition) is 4. The van der Waals surface area contributed by atoms with Crippen LogP contribution in [-0.2, 0) is 9.53 Å². The Hall–Kier alpha value is -2.53. The minimum Gasteiger partial charge on any atom is -0.479 e. The van der Waals surface area contributed by atoms with Crippen LogP contribution >= 0.6 is 11.6 Å². The molecular weight excluding hydrogens is 354 g/mol. The molecule has 1 unspecified atom stereocenters. The molecule has 0 aliphatic heterocycles. The lowest BCUT2D eigenvalue weighted by atomic mass is 10.1. The summed E-state index contributed by atoms with van der Waals surface area (Å²) in [5, 5.41) is 3.27. The number of amides is 1. The van der Waals surface area contributed by atoms with Crippen LogP contribution in [0.5, 0.6) is 5.75 Å². The molecule has 2 aromatic carbocycles. The summed E-state index contributed by atoms with van der Waals surface area (Å²) in [6.45, 7) is 5.65. The summed E-state index contributed by atoms with van der Waals surface area (Å²) in [6, 6.07) is 12.1. The second-order valence-electron chi connectivity index (χ2n) is 5.63. The van der Waals surface area contributed by atoms with Gasteiger partial charge in [0.2, 0.25) is 0 Å². The first-order valence-corrected chi connectivity index (χ1v) is 8.84. The van der Waals surface area contributed by atoms with Crippen molar-refractivity contribution >= 4 is 29.2 Å². The van der Waals surface area contributed by atoms with E-state index in [-0.39, 0.29) is 5.91 Å². The van der Waals surface area contributed by atoms with Crippen LogP contribution < -0.4 is 10.1 Å². The molecule has 0 radical (unpaired) electrons. The van der Waals surface area contributed by atoms with Crippen molar-refractivity contribution in [1.82, 2.24) is 0 Å². The normalized spacial score (nSPS) is 11.5. The Morgan fingerprint density at radius 2 is 1.85 bits per heavy atom. The number of nitrogens with one attached hydrogen (secondary N) is 1. The fourth-order valence-corrected chi connectivity index (χ4v) is 2.61. The van der Waals surface area contributed by atoms with Gasteiger partial charge in [-0.1, -0.05) is 36.7 Å². The lowest BCUT2D eigenvalue weighted by Crippen LogP contribution is -2.32.